The number of benzene rings is 2. The number of tetrazole rings is 1. The van der Waals surface area contributed by atoms with Gasteiger partial charge in [-0.3, -0.25) is 14.4 Å². The van der Waals surface area contributed by atoms with Gasteiger partial charge in [-0.25, -0.2) is 0 Å². The molecule has 2 amide bonds. The molecular formula is C26H22N6O5. The Kier molecular flexibility index (Phi) is 5.32. The van der Waals surface area contributed by atoms with Gasteiger partial charge in [0.25, 0.3) is 0 Å². The number of pyridine rings is 1. The van der Waals surface area contributed by atoms with E-state index in [1.807, 2.05) is 18.2 Å². The van der Waals surface area contributed by atoms with Gasteiger partial charge in [-0.15, -0.1) is 5.10 Å². The van der Waals surface area contributed by atoms with Crippen LogP contribution in [0.15, 0.2) is 60.7 Å². The van der Waals surface area contributed by atoms with Crippen LogP contribution in [0.3, 0.4) is 0 Å². The number of amides is 2. The molecular weight excluding hydrogens is 476 g/mol. The second-order valence-corrected chi connectivity index (χ2v) is 8.82. The first-order valence-corrected chi connectivity index (χ1v) is 11.7. The maximum atomic E-state index is 13.6. The number of ketones is 1. The Labute approximate surface area is 211 Å². The normalized spacial score (nSPS) is 19.0. The fourth-order valence-electron chi connectivity index (χ4n) is 4.92. The zero-order chi connectivity index (χ0) is 25.7. The van der Waals surface area contributed by atoms with E-state index in [0.717, 1.165) is 0 Å². The summed E-state index contributed by atoms with van der Waals surface area (Å²) in [7, 11) is 3.11. The van der Waals surface area contributed by atoms with Gasteiger partial charge in [-0.1, -0.05) is 12.1 Å². The minimum Gasteiger partial charge on any atom is -0.497 e. The summed E-state index contributed by atoms with van der Waals surface area (Å²) in [6.07, 6.45) is 0.368. The summed E-state index contributed by atoms with van der Waals surface area (Å²) in [6.45, 7) is 0. The molecule has 2 aliphatic heterocycles. The lowest BCUT2D eigenvalue weighted by Gasteiger charge is -2.41. The first kappa shape index (κ1) is 22.7. The van der Waals surface area contributed by atoms with Gasteiger partial charge in [-0.05, 0) is 46.8 Å². The molecule has 0 aliphatic carbocycles. The van der Waals surface area contributed by atoms with Crippen molar-refractivity contribution in [2.75, 3.05) is 24.0 Å². The molecule has 186 valence electrons. The minimum atomic E-state index is -0.676. The van der Waals surface area contributed by atoms with Gasteiger partial charge >= 0.3 is 0 Å². The van der Waals surface area contributed by atoms with Crippen molar-refractivity contribution < 1.29 is 23.9 Å². The maximum absolute atomic E-state index is 13.6. The molecule has 0 radical (unpaired) electrons. The molecule has 2 unspecified atom stereocenters. The number of anilines is 2. The lowest BCUT2D eigenvalue weighted by Crippen LogP contribution is -2.57. The van der Waals surface area contributed by atoms with E-state index in [2.05, 4.69) is 15.5 Å². The van der Waals surface area contributed by atoms with Crippen molar-refractivity contribution in [1.82, 2.24) is 20.0 Å². The highest BCUT2D eigenvalue weighted by atomic mass is 16.5. The van der Waals surface area contributed by atoms with Crippen molar-refractivity contribution in [3.63, 3.8) is 0 Å². The molecule has 2 fully saturated rings. The fourth-order valence-corrected chi connectivity index (χ4v) is 4.92. The van der Waals surface area contributed by atoms with Gasteiger partial charge in [-0.2, -0.15) is 4.52 Å². The number of methoxy groups -OCH3 is 2. The van der Waals surface area contributed by atoms with Gasteiger partial charge in [0.2, 0.25) is 11.8 Å². The van der Waals surface area contributed by atoms with E-state index in [4.69, 9.17) is 9.47 Å². The number of β-lactam (4-membered cyclic amide) rings is 2. The van der Waals surface area contributed by atoms with Crippen molar-refractivity contribution >= 4 is 34.6 Å². The molecule has 11 nitrogen and oxygen atoms in total. The second kappa shape index (κ2) is 8.70. The third-order valence-corrected chi connectivity index (χ3v) is 6.84. The van der Waals surface area contributed by atoms with E-state index in [0.29, 0.717) is 34.1 Å². The van der Waals surface area contributed by atoms with Gasteiger partial charge in [0.1, 0.15) is 17.5 Å². The SMILES string of the molecule is COc1cccc(N2C(=O)CC2C(=O)c2ccc(C3CC(=O)N3c3cccc(OC)c3)n3nnnc23)c1. The molecule has 2 aromatic carbocycles. The van der Waals surface area contributed by atoms with Crippen LogP contribution in [-0.4, -0.2) is 57.9 Å². The molecule has 11 heteroatoms. The number of nitrogens with zero attached hydrogens (tertiary/aromatic N) is 6. The van der Waals surface area contributed by atoms with Gasteiger partial charge < -0.3 is 19.3 Å². The molecule has 4 aromatic rings. The minimum absolute atomic E-state index is 0.0402. The largest absolute Gasteiger partial charge is 0.497 e. The van der Waals surface area contributed by atoms with Crippen LogP contribution >= 0.6 is 0 Å². The Bertz CT molecular complexity index is 1570. The zero-order valence-corrected chi connectivity index (χ0v) is 20.1. The summed E-state index contributed by atoms with van der Waals surface area (Å²) >= 11 is 0. The first-order valence-electron chi connectivity index (χ1n) is 11.7. The topological polar surface area (TPSA) is 119 Å². The average molecular weight is 498 g/mol. The molecule has 0 bridgehead atoms. The second-order valence-electron chi connectivity index (χ2n) is 8.82. The number of hydrogen-bond acceptors (Lipinski definition) is 8. The Morgan fingerprint density at radius 1 is 0.865 bits per heavy atom. The van der Waals surface area contributed by atoms with Crippen LogP contribution in [0, 0.1) is 0 Å². The molecule has 2 aromatic heterocycles. The number of ether oxygens (including phenoxy) is 2. The third kappa shape index (κ3) is 3.58. The summed E-state index contributed by atoms with van der Waals surface area (Å²) in [5, 5.41) is 12.0. The van der Waals surface area contributed by atoms with E-state index >= 15 is 0 Å². The smallest absolute Gasteiger partial charge is 0.230 e. The maximum Gasteiger partial charge on any atom is 0.230 e. The lowest BCUT2D eigenvalue weighted by atomic mass is 9.91. The summed E-state index contributed by atoms with van der Waals surface area (Å²) in [5.74, 6) is 0.776. The summed E-state index contributed by atoms with van der Waals surface area (Å²) in [4.78, 5) is 41.8. The Morgan fingerprint density at radius 2 is 1.51 bits per heavy atom. The van der Waals surface area contributed by atoms with Crippen molar-refractivity contribution in [3.05, 3.63) is 71.9 Å². The number of carbonyl (C=O) groups is 3. The van der Waals surface area contributed by atoms with Crippen molar-refractivity contribution in [2.24, 2.45) is 0 Å². The molecule has 2 saturated heterocycles. The molecule has 0 saturated carbocycles. The van der Waals surface area contributed by atoms with Crippen LogP contribution in [0.2, 0.25) is 0 Å². The van der Waals surface area contributed by atoms with Crippen LogP contribution < -0.4 is 19.3 Å². The Balaban J connectivity index is 1.32. The van der Waals surface area contributed by atoms with Crippen molar-refractivity contribution in [1.29, 1.82) is 0 Å². The van der Waals surface area contributed by atoms with Crippen LogP contribution in [0.5, 0.6) is 11.5 Å². The Hall–Kier alpha value is -4.80. The van der Waals surface area contributed by atoms with Gasteiger partial charge in [0.15, 0.2) is 11.4 Å². The predicted molar refractivity (Wildman–Crippen MR) is 132 cm³/mol. The lowest BCUT2D eigenvalue weighted by molar-refractivity contribution is -0.124. The van der Waals surface area contributed by atoms with E-state index in [1.54, 1.807) is 61.6 Å². The number of hydrogen-bond donors (Lipinski definition) is 0. The number of rotatable bonds is 7. The number of Topliss-reactive ketones (excluding diaryl/α,β-unsaturated/α-hetero) is 1. The van der Waals surface area contributed by atoms with E-state index in [1.165, 1.54) is 9.42 Å². The summed E-state index contributed by atoms with van der Waals surface area (Å²) in [5.41, 5.74) is 2.54. The first-order chi connectivity index (χ1) is 18.0. The van der Waals surface area contributed by atoms with Gasteiger partial charge in [0.05, 0.1) is 44.4 Å². The zero-order valence-electron chi connectivity index (χ0n) is 20.1. The van der Waals surface area contributed by atoms with E-state index < -0.39 is 6.04 Å². The highest BCUT2D eigenvalue weighted by Crippen LogP contribution is 2.40. The number of aromatic nitrogens is 4. The van der Waals surface area contributed by atoms with Crippen LogP contribution in [0.1, 0.15) is 34.9 Å². The average Bonchev–Trinajstić information content (AvgIpc) is 3.40. The molecule has 4 heterocycles. The van der Waals surface area contributed by atoms with Crippen LogP contribution in [0.4, 0.5) is 11.4 Å². The predicted octanol–water partition coefficient (Wildman–Crippen LogP) is 2.61. The van der Waals surface area contributed by atoms with Crippen LogP contribution in [0.25, 0.3) is 5.65 Å². The molecule has 0 N–H and O–H groups in total. The molecule has 37 heavy (non-hydrogen) atoms. The number of carbonyl (C=O) groups excluding carboxylic acids is 3. The highest BCUT2D eigenvalue weighted by molar-refractivity contribution is 6.17. The highest BCUT2D eigenvalue weighted by Gasteiger charge is 2.44. The molecule has 0 spiro atoms. The molecule has 6 rings (SSSR count). The summed E-state index contributed by atoms with van der Waals surface area (Å²) < 4.78 is 12.1. The standard InChI is InChI=1S/C26H22N6O5/c1-36-17-7-3-5-15(11-17)30-21(13-23(30)33)20-10-9-19(26-27-28-29-32(20)26)25(35)22-14-24(34)31(22)16-6-4-8-18(12-16)37-2/h3-12,21-22H,13-14H2,1-2H3. The van der Waals surface area contributed by atoms with Crippen molar-refractivity contribution in [3.8, 4) is 11.5 Å². The monoisotopic (exact) mass is 498 g/mol. The fraction of sp³-hybridized carbons (Fsp3) is 0.231. The molecule has 2 atom stereocenters. The third-order valence-electron chi connectivity index (χ3n) is 6.84. The molecule has 2 aliphatic rings. The van der Waals surface area contributed by atoms with Crippen LogP contribution in [-0.2, 0) is 9.59 Å². The Morgan fingerprint density at radius 3 is 2.14 bits per heavy atom. The summed E-state index contributed by atoms with van der Waals surface area (Å²) in [6, 6.07) is 16.7. The van der Waals surface area contributed by atoms with E-state index in [9.17, 15) is 14.4 Å². The number of fused-ring (bicyclic) bond motifs is 1. The quantitative estimate of drug-likeness (QED) is 0.282. The van der Waals surface area contributed by atoms with Gasteiger partial charge in [0, 0.05) is 23.5 Å². The van der Waals surface area contributed by atoms with Crippen molar-refractivity contribution in [2.45, 2.75) is 24.9 Å². The van der Waals surface area contributed by atoms with E-state index in [-0.39, 0.29) is 42.1 Å².